The zero-order valence-corrected chi connectivity index (χ0v) is 17.5. The first-order valence-electron chi connectivity index (χ1n) is 8.80. The molecule has 2 rings (SSSR count). The first kappa shape index (κ1) is 22.3. The van der Waals surface area contributed by atoms with Crippen LogP contribution in [-0.2, 0) is 20.7 Å². The van der Waals surface area contributed by atoms with Gasteiger partial charge in [-0.3, -0.25) is 19.7 Å². The molecule has 10 heteroatoms. The maximum atomic E-state index is 12.0. The third kappa shape index (κ3) is 6.24. The molecule has 1 aromatic heterocycles. The summed E-state index contributed by atoms with van der Waals surface area (Å²) in [7, 11) is 0. The quantitative estimate of drug-likeness (QED) is 0.228. The zero-order valence-electron chi connectivity index (χ0n) is 16.6. The number of thioether (sulfide) groups is 1. The Morgan fingerprint density at radius 1 is 1.21 bits per heavy atom. The zero-order chi connectivity index (χ0) is 21.6. The summed E-state index contributed by atoms with van der Waals surface area (Å²) in [6.07, 6.45) is 2.40. The summed E-state index contributed by atoms with van der Waals surface area (Å²) in [4.78, 5) is 43.1. The second-order valence-corrected chi connectivity index (χ2v) is 7.10. The summed E-state index contributed by atoms with van der Waals surface area (Å²) in [6.45, 7) is 4.86. The number of nitrogens with one attached hydrogen (secondary N) is 1. The predicted molar refractivity (Wildman–Crippen MR) is 109 cm³/mol. The lowest BCUT2D eigenvalue weighted by atomic mass is 10.1. The highest BCUT2D eigenvalue weighted by Gasteiger charge is 2.15. The fourth-order valence-corrected chi connectivity index (χ4v) is 3.14. The van der Waals surface area contributed by atoms with Gasteiger partial charge in [0.05, 0.1) is 4.92 Å². The van der Waals surface area contributed by atoms with Gasteiger partial charge in [0.25, 0.3) is 11.6 Å². The van der Waals surface area contributed by atoms with Gasteiger partial charge in [-0.25, -0.2) is 9.97 Å². The Labute approximate surface area is 172 Å². The van der Waals surface area contributed by atoms with E-state index in [0.717, 1.165) is 17.0 Å². The summed E-state index contributed by atoms with van der Waals surface area (Å²) in [6, 6.07) is 4.35. The van der Waals surface area contributed by atoms with E-state index in [9.17, 15) is 19.7 Å². The lowest BCUT2D eigenvalue weighted by Gasteiger charge is -2.10. The van der Waals surface area contributed by atoms with Gasteiger partial charge in [-0.05, 0) is 45.1 Å². The van der Waals surface area contributed by atoms with E-state index >= 15 is 0 Å². The van der Waals surface area contributed by atoms with Gasteiger partial charge in [0.1, 0.15) is 0 Å². The van der Waals surface area contributed by atoms with Crippen LogP contribution < -0.4 is 5.32 Å². The number of rotatable bonds is 8. The fourth-order valence-electron chi connectivity index (χ4n) is 2.69. The highest BCUT2D eigenvalue weighted by Crippen LogP contribution is 2.22. The molecule has 1 heterocycles. The highest BCUT2D eigenvalue weighted by atomic mass is 32.2. The number of aryl methyl sites for hydroxylation is 3. The summed E-state index contributed by atoms with van der Waals surface area (Å²) in [5.74, 6) is -1.10. The van der Waals surface area contributed by atoms with E-state index < -0.39 is 23.4 Å². The SMILES string of the molecule is CSc1nc(C)c(CCC(=O)OCC(=O)Nc2ccc(C)c([N+](=O)[O-])c2)c(C)n1. The Morgan fingerprint density at radius 3 is 2.45 bits per heavy atom. The van der Waals surface area contributed by atoms with E-state index in [1.54, 1.807) is 13.0 Å². The van der Waals surface area contributed by atoms with E-state index in [-0.39, 0.29) is 17.8 Å². The normalized spacial score (nSPS) is 10.5. The number of anilines is 1. The summed E-state index contributed by atoms with van der Waals surface area (Å²) >= 11 is 1.45. The molecule has 0 aliphatic carbocycles. The van der Waals surface area contributed by atoms with Gasteiger partial charge in [-0.15, -0.1) is 0 Å². The van der Waals surface area contributed by atoms with Crippen molar-refractivity contribution in [1.29, 1.82) is 0 Å². The van der Waals surface area contributed by atoms with Crippen LogP contribution in [0.5, 0.6) is 0 Å². The molecule has 0 saturated heterocycles. The first-order chi connectivity index (χ1) is 13.7. The topological polar surface area (TPSA) is 124 Å². The number of nitro groups is 1. The van der Waals surface area contributed by atoms with Crippen LogP contribution >= 0.6 is 11.8 Å². The number of nitro benzene ring substituents is 1. The number of nitrogens with zero attached hydrogens (tertiary/aromatic N) is 3. The predicted octanol–water partition coefficient (Wildman–Crippen LogP) is 3.15. The van der Waals surface area contributed by atoms with E-state index in [0.29, 0.717) is 17.1 Å². The minimum Gasteiger partial charge on any atom is -0.456 e. The molecule has 0 bridgehead atoms. The van der Waals surface area contributed by atoms with Crippen molar-refractivity contribution >= 4 is 35.0 Å². The van der Waals surface area contributed by atoms with Crippen molar-refractivity contribution in [3.05, 3.63) is 50.8 Å². The Balaban J connectivity index is 1.86. The third-order valence-electron chi connectivity index (χ3n) is 4.22. The van der Waals surface area contributed by atoms with Crippen molar-refractivity contribution < 1.29 is 19.2 Å². The molecule has 2 aromatic rings. The Bertz CT molecular complexity index is 925. The molecule has 1 amide bonds. The van der Waals surface area contributed by atoms with Gasteiger partial charge >= 0.3 is 5.97 Å². The molecule has 0 unspecified atom stereocenters. The lowest BCUT2D eigenvalue weighted by molar-refractivity contribution is -0.385. The van der Waals surface area contributed by atoms with E-state index in [1.165, 1.54) is 23.9 Å². The Hall–Kier alpha value is -3.01. The van der Waals surface area contributed by atoms with Gasteiger partial charge in [0, 0.05) is 35.1 Å². The van der Waals surface area contributed by atoms with Gasteiger partial charge in [-0.2, -0.15) is 0 Å². The van der Waals surface area contributed by atoms with Crippen molar-refractivity contribution in [1.82, 2.24) is 9.97 Å². The molecular formula is C19H22N4O5S. The number of aromatic nitrogens is 2. The van der Waals surface area contributed by atoms with E-state index in [1.807, 2.05) is 20.1 Å². The molecule has 0 saturated carbocycles. The van der Waals surface area contributed by atoms with Crippen LogP contribution in [0.15, 0.2) is 23.4 Å². The van der Waals surface area contributed by atoms with Crippen LogP contribution in [0.4, 0.5) is 11.4 Å². The number of benzene rings is 1. The summed E-state index contributed by atoms with van der Waals surface area (Å²) in [5.41, 5.74) is 3.17. The van der Waals surface area contributed by atoms with Crippen LogP contribution in [0.1, 0.15) is 28.9 Å². The molecule has 1 aromatic carbocycles. The number of amides is 1. The second kappa shape index (κ2) is 9.97. The van der Waals surface area contributed by atoms with Gasteiger partial charge in [0.2, 0.25) is 0 Å². The number of hydrogen-bond acceptors (Lipinski definition) is 8. The maximum absolute atomic E-state index is 12.0. The lowest BCUT2D eigenvalue weighted by Crippen LogP contribution is -2.21. The number of ether oxygens (including phenoxy) is 1. The molecule has 1 N–H and O–H groups in total. The van der Waals surface area contributed by atoms with Gasteiger partial charge < -0.3 is 10.1 Å². The van der Waals surface area contributed by atoms with Crippen molar-refractivity contribution in [2.45, 2.75) is 38.8 Å². The average Bonchev–Trinajstić information content (AvgIpc) is 2.66. The number of esters is 1. The van der Waals surface area contributed by atoms with Crippen molar-refractivity contribution in [3.63, 3.8) is 0 Å². The molecule has 29 heavy (non-hydrogen) atoms. The molecule has 0 fully saturated rings. The highest BCUT2D eigenvalue weighted by molar-refractivity contribution is 7.98. The summed E-state index contributed by atoms with van der Waals surface area (Å²) < 4.78 is 4.99. The fraction of sp³-hybridized carbons (Fsp3) is 0.368. The van der Waals surface area contributed by atoms with Crippen molar-refractivity contribution in [3.8, 4) is 0 Å². The number of carbonyl (C=O) groups is 2. The van der Waals surface area contributed by atoms with E-state index in [2.05, 4.69) is 15.3 Å². The van der Waals surface area contributed by atoms with Crippen LogP contribution in [0.25, 0.3) is 0 Å². The Morgan fingerprint density at radius 2 is 1.86 bits per heavy atom. The smallest absolute Gasteiger partial charge is 0.306 e. The molecule has 0 spiro atoms. The molecular weight excluding hydrogens is 396 g/mol. The number of hydrogen-bond donors (Lipinski definition) is 1. The van der Waals surface area contributed by atoms with Crippen LogP contribution in [0.3, 0.4) is 0 Å². The Kier molecular flexibility index (Phi) is 7.66. The van der Waals surface area contributed by atoms with Gasteiger partial charge in [0.15, 0.2) is 11.8 Å². The third-order valence-corrected chi connectivity index (χ3v) is 4.76. The molecule has 0 radical (unpaired) electrons. The second-order valence-electron chi connectivity index (χ2n) is 6.33. The molecule has 0 aliphatic heterocycles. The molecule has 9 nitrogen and oxygen atoms in total. The standard InChI is InChI=1S/C19H22N4O5S/c1-11-5-6-14(9-16(11)23(26)27)22-17(24)10-28-18(25)8-7-15-12(2)20-19(29-4)21-13(15)3/h5-6,9H,7-8,10H2,1-4H3,(H,22,24). The average molecular weight is 418 g/mol. The first-order valence-corrected chi connectivity index (χ1v) is 10.0. The molecule has 0 aliphatic rings. The van der Waals surface area contributed by atoms with Crippen molar-refractivity contribution in [2.75, 3.05) is 18.2 Å². The monoisotopic (exact) mass is 418 g/mol. The maximum Gasteiger partial charge on any atom is 0.306 e. The number of carbonyl (C=O) groups excluding carboxylic acids is 2. The van der Waals surface area contributed by atoms with Crippen molar-refractivity contribution in [2.24, 2.45) is 0 Å². The molecule has 0 atom stereocenters. The van der Waals surface area contributed by atoms with Crippen LogP contribution in [0.2, 0.25) is 0 Å². The largest absolute Gasteiger partial charge is 0.456 e. The van der Waals surface area contributed by atoms with Crippen LogP contribution in [-0.4, -0.2) is 39.6 Å². The summed E-state index contributed by atoms with van der Waals surface area (Å²) in [5, 5.41) is 14.1. The van der Waals surface area contributed by atoms with Crippen LogP contribution in [0, 0.1) is 30.9 Å². The molecule has 154 valence electrons. The van der Waals surface area contributed by atoms with E-state index in [4.69, 9.17) is 4.74 Å². The minimum absolute atomic E-state index is 0.0902. The minimum atomic E-state index is -0.573. The van der Waals surface area contributed by atoms with Gasteiger partial charge in [-0.1, -0.05) is 17.8 Å².